The van der Waals surface area contributed by atoms with E-state index >= 15 is 0 Å². The van der Waals surface area contributed by atoms with Crippen LogP contribution in [0, 0.1) is 0 Å². The normalized spacial score (nSPS) is 13.9. The van der Waals surface area contributed by atoms with E-state index in [-0.39, 0.29) is 25.7 Å². The quantitative estimate of drug-likeness (QED) is 0.0222. The molecule has 5 atom stereocenters. The molecule has 0 aromatic heterocycles. The SMILES string of the molecule is CCCCCCCCCCCCCCCCCCCC(=O)O[C@H](COC(=O)CCCCCCCCCCCCCCCCCC)COP(=O)(O)OC[C@@H](O)COP(=O)(O)OC[C@@H](COC(=O)CCCCCCC)OC(=O)CCCCCCCCCCCCCCCCC. The molecule has 2 unspecified atom stereocenters. The average Bonchev–Trinajstić information content (AvgIpc) is 3.09. The summed E-state index contributed by atoms with van der Waals surface area (Å²) in [5.74, 6) is -2.12. The van der Waals surface area contributed by atoms with Gasteiger partial charge in [0.25, 0.3) is 0 Å². The molecule has 3 N–H and O–H groups in total. The molecule has 0 aliphatic rings. The Morgan fingerprint density at radius 2 is 0.430 bits per heavy atom. The number of rotatable bonds is 75. The summed E-state index contributed by atoms with van der Waals surface area (Å²) in [6, 6.07) is 0. The van der Waals surface area contributed by atoms with Gasteiger partial charge in [-0.25, -0.2) is 9.13 Å². The lowest BCUT2D eigenvalue weighted by Crippen LogP contribution is -2.30. The van der Waals surface area contributed by atoms with Crippen LogP contribution < -0.4 is 0 Å². The molecule has 0 aromatic rings. The van der Waals surface area contributed by atoms with Crippen LogP contribution in [0.4, 0.5) is 0 Å². The Bertz CT molecular complexity index is 1770. The number of unbranched alkanes of at least 4 members (excludes halogenated alkanes) is 49. The van der Waals surface area contributed by atoms with Gasteiger partial charge in [0, 0.05) is 25.7 Å². The number of phosphoric acid groups is 2. The van der Waals surface area contributed by atoms with Crippen LogP contribution in [-0.2, 0) is 65.4 Å². The van der Waals surface area contributed by atoms with E-state index in [0.29, 0.717) is 25.7 Å². The number of aliphatic hydroxyl groups is 1. The van der Waals surface area contributed by atoms with Crippen molar-refractivity contribution in [3.8, 4) is 0 Å². The highest BCUT2D eigenvalue weighted by atomic mass is 31.2. The number of esters is 4. The second kappa shape index (κ2) is 68.6. The van der Waals surface area contributed by atoms with Crippen molar-refractivity contribution in [2.75, 3.05) is 39.6 Å². The monoisotopic (exact) mass is 1370 g/mol. The van der Waals surface area contributed by atoms with Gasteiger partial charge in [-0.05, 0) is 25.7 Å². The fraction of sp³-hybridized carbons (Fsp3) is 0.946. The van der Waals surface area contributed by atoms with Gasteiger partial charge in [-0.3, -0.25) is 37.3 Å². The van der Waals surface area contributed by atoms with E-state index in [1.54, 1.807) is 0 Å². The topological polar surface area (TPSA) is 237 Å². The van der Waals surface area contributed by atoms with Crippen molar-refractivity contribution < 1.29 is 80.2 Å². The molecule has 552 valence electrons. The average molecular weight is 1370 g/mol. The summed E-state index contributed by atoms with van der Waals surface area (Å²) < 4.78 is 68.3. The van der Waals surface area contributed by atoms with Crippen molar-refractivity contribution >= 4 is 39.5 Å². The molecule has 0 aromatic carbocycles. The lowest BCUT2D eigenvalue weighted by Gasteiger charge is -2.21. The maximum Gasteiger partial charge on any atom is 0.472 e. The van der Waals surface area contributed by atoms with Crippen molar-refractivity contribution in [2.24, 2.45) is 0 Å². The van der Waals surface area contributed by atoms with Crippen LogP contribution in [0.1, 0.15) is 394 Å². The summed E-state index contributed by atoms with van der Waals surface area (Å²) in [5, 5.41) is 10.6. The number of aliphatic hydroxyl groups excluding tert-OH is 1. The third-order valence-corrected chi connectivity index (χ3v) is 19.3. The molecule has 0 aliphatic carbocycles. The summed E-state index contributed by atoms with van der Waals surface area (Å²) in [5.41, 5.74) is 0. The van der Waals surface area contributed by atoms with E-state index in [4.69, 9.17) is 37.0 Å². The van der Waals surface area contributed by atoms with Gasteiger partial charge in [-0.1, -0.05) is 342 Å². The number of hydrogen-bond donors (Lipinski definition) is 3. The Balaban J connectivity index is 5.14. The Labute approximate surface area is 568 Å². The second-order valence-electron chi connectivity index (χ2n) is 26.7. The van der Waals surface area contributed by atoms with E-state index in [0.717, 1.165) is 96.3 Å². The number of hydrogen-bond acceptors (Lipinski definition) is 15. The number of ether oxygens (including phenoxy) is 4. The first-order valence-corrected chi connectivity index (χ1v) is 41.8. The van der Waals surface area contributed by atoms with Gasteiger partial charge in [0.05, 0.1) is 26.4 Å². The first-order valence-electron chi connectivity index (χ1n) is 38.8. The molecule has 19 heteroatoms. The molecular formula is C74H144O17P2. The Morgan fingerprint density at radius 1 is 0.258 bits per heavy atom. The zero-order valence-electron chi connectivity index (χ0n) is 60.2. The first-order chi connectivity index (χ1) is 45.2. The highest BCUT2D eigenvalue weighted by Crippen LogP contribution is 2.45. The fourth-order valence-electron chi connectivity index (χ4n) is 11.4. The number of phosphoric ester groups is 2. The van der Waals surface area contributed by atoms with Crippen LogP contribution in [0.15, 0.2) is 0 Å². The molecule has 0 spiro atoms. The summed E-state index contributed by atoms with van der Waals surface area (Å²) in [7, 11) is -9.90. The molecule has 0 rings (SSSR count). The minimum atomic E-state index is -4.95. The Hall–Kier alpha value is -1.94. The zero-order chi connectivity index (χ0) is 68.2. The van der Waals surface area contributed by atoms with Crippen LogP contribution in [0.2, 0.25) is 0 Å². The van der Waals surface area contributed by atoms with Crippen molar-refractivity contribution in [3.05, 3.63) is 0 Å². The Kier molecular flexibility index (Phi) is 67.1. The van der Waals surface area contributed by atoms with Gasteiger partial charge in [0.1, 0.15) is 19.3 Å². The van der Waals surface area contributed by atoms with E-state index in [1.807, 2.05) is 0 Å². The molecule has 0 saturated carbocycles. The summed E-state index contributed by atoms with van der Waals surface area (Å²) in [4.78, 5) is 72.5. The summed E-state index contributed by atoms with van der Waals surface area (Å²) in [6.07, 6.45) is 58.6. The maximum atomic E-state index is 13.1. The fourth-order valence-corrected chi connectivity index (χ4v) is 13.0. The predicted molar refractivity (Wildman–Crippen MR) is 377 cm³/mol. The minimum absolute atomic E-state index is 0.108. The number of carbonyl (C=O) groups excluding carboxylic acids is 4. The molecule has 0 heterocycles. The molecule has 0 amide bonds. The molecule has 93 heavy (non-hydrogen) atoms. The minimum Gasteiger partial charge on any atom is -0.462 e. The standard InChI is InChI=1S/C74H144O17P2/c1-5-9-13-17-20-23-26-29-32-34-37-40-43-46-49-53-57-61-74(79)91-70(65-85-72(77)59-55-51-47-44-41-38-36-33-30-27-24-21-18-14-10-6-2)67-89-93(82,83)87-63-68(75)62-86-92(80,81)88-66-69(64-84-71(76)58-54-50-16-12-8-4)90-73(78)60-56-52-48-45-42-39-35-31-28-25-22-19-15-11-7-3/h68-70,75H,5-67H2,1-4H3,(H,80,81)(H,82,83)/t68-,69+,70+/m0/s1. The maximum absolute atomic E-state index is 13.1. The lowest BCUT2D eigenvalue weighted by atomic mass is 10.0. The summed E-state index contributed by atoms with van der Waals surface area (Å²) >= 11 is 0. The third kappa shape index (κ3) is 68.4. The van der Waals surface area contributed by atoms with Crippen molar-refractivity contribution in [1.29, 1.82) is 0 Å². The van der Waals surface area contributed by atoms with Crippen LogP contribution in [0.25, 0.3) is 0 Å². The van der Waals surface area contributed by atoms with Gasteiger partial charge in [-0.15, -0.1) is 0 Å². The van der Waals surface area contributed by atoms with E-state index < -0.39 is 97.5 Å². The van der Waals surface area contributed by atoms with E-state index in [9.17, 15) is 43.2 Å². The van der Waals surface area contributed by atoms with E-state index in [1.165, 1.54) is 218 Å². The number of carbonyl (C=O) groups is 4. The molecule has 0 radical (unpaired) electrons. The zero-order valence-corrected chi connectivity index (χ0v) is 62.0. The van der Waals surface area contributed by atoms with Crippen molar-refractivity contribution in [1.82, 2.24) is 0 Å². The molecule has 0 bridgehead atoms. The van der Waals surface area contributed by atoms with Gasteiger partial charge in [-0.2, -0.15) is 0 Å². The van der Waals surface area contributed by atoms with Crippen LogP contribution in [-0.4, -0.2) is 96.7 Å². The van der Waals surface area contributed by atoms with Crippen molar-refractivity contribution in [3.63, 3.8) is 0 Å². The Morgan fingerprint density at radius 3 is 0.634 bits per heavy atom. The first kappa shape index (κ1) is 91.1. The highest BCUT2D eigenvalue weighted by Gasteiger charge is 2.30. The molecule has 0 fully saturated rings. The highest BCUT2D eigenvalue weighted by molar-refractivity contribution is 7.47. The summed E-state index contributed by atoms with van der Waals surface area (Å²) in [6.45, 7) is 4.90. The predicted octanol–water partition coefficient (Wildman–Crippen LogP) is 21.8. The van der Waals surface area contributed by atoms with E-state index in [2.05, 4.69) is 27.7 Å². The smallest absolute Gasteiger partial charge is 0.462 e. The largest absolute Gasteiger partial charge is 0.472 e. The second-order valence-corrected chi connectivity index (χ2v) is 29.6. The van der Waals surface area contributed by atoms with Crippen molar-refractivity contribution in [2.45, 2.75) is 412 Å². The van der Waals surface area contributed by atoms with Crippen LogP contribution >= 0.6 is 15.6 Å². The third-order valence-electron chi connectivity index (χ3n) is 17.4. The molecule has 0 saturated heterocycles. The molecule has 0 aliphatic heterocycles. The van der Waals surface area contributed by atoms with Crippen LogP contribution in [0.5, 0.6) is 0 Å². The van der Waals surface area contributed by atoms with Gasteiger partial charge < -0.3 is 33.8 Å². The van der Waals surface area contributed by atoms with Crippen LogP contribution in [0.3, 0.4) is 0 Å². The van der Waals surface area contributed by atoms with Gasteiger partial charge >= 0.3 is 39.5 Å². The lowest BCUT2D eigenvalue weighted by molar-refractivity contribution is -0.161. The molecular weight excluding hydrogens is 1220 g/mol. The van der Waals surface area contributed by atoms with Gasteiger partial charge in [0.15, 0.2) is 12.2 Å². The van der Waals surface area contributed by atoms with Gasteiger partial charge in [0.2, 0.25) is 0 Å². The molecule has 17 nitrogen and oxygen atoms in total.